The molecule has 0 radical (unpaired) electrons. The van der Waals surface area contributed by atoms with Gasteiger partial charge in [0, 0.05) is 39.3 Å². The monoisotopic (exact) mass is 516 g/mol. The predicted octanol–water partition coefficient (Wildman–Crippen LogP) is 2.75. The normalized spacial score (nSPS) is 16.6. The number of ether oxygens (including phenoxy) is 1. The highest BCUT2D eigenvalue weighted by Gasteiger charge is 2.28. The fourth-order valence-corrected chi connectivity index (χ4v) is 3.22. The van der Waals surface area contributed by atoms with Crippen molar-refractivity contribution in [2.24, 2.45) is 10.9 Å². The number of carbonyl (C=O) groups is 2. The van der Waals surface area contributed by atoms with Gasteiger partial charge >= 0.3 is 5.97 Å². The first-order valence-corrected chi connectivity index (χ1v) is 9.96. The van der Waals surface area contributed by atoms with Crippen molar-refractivity contribution in [1.82, 2.24) is 15.1 Å². The first-order valence-electron chi connectivity index (χ1n) is 9.96. The van der Waals surface area contributed by atoms with Gasteiger partial charge in [0.25, 0.3) is 5.91 Å². The van der Waals surface area contributed by atoms with Crippen LogP contribution in [-0.2, 0) is 16.1 Å². The van der Waals surface area contributed by atoms with Crippen molar-refractivity contribution in [2.75, 3.05) is 40.3 Å². The molecule has 1 unspecified atom stereocenters. The molecule has 162 valence electrons. The van der Waals surface area contributed by atoms with E-state index >= 15 is 0 Å². The summed E-state index contributed by atoms with van der Waals surface area (Å²) in [7, 11) is 3.48. The van der Waals surface area contributed by atoms with Crippen LogP contribution in [0.2, 0.25) is 0 Å². The molecule has 7 nitrogen and oxygen atoms in total. The molecule has 0 bridgehead atoms. The molecule has 1 aliphatic heterocycles. The van der Waals surface area contributed by atoms with E-state index in [1.165, 1.54) is 0 Å². The summed E-state index contributed by atoms with van der Waals surface area (Å²) in [6.07, 6.45) is 1.80. The Hall–Kier alpha value is -1.84. The number of piperidine rings is 1. The summed E-state index contributed by atoms with van der Waals surface area (Å²) in [5, 5.41) is 3.32. The van der Waals surface area contributed by atoms with Crippen molar-refractivity contribution in [3.05, 3.63) is 35.4 Å². The van der Waals surface area contributed by atoms with Crippen molar-refractivity contribution >= 4 is 41.8 Å². The van der Waals surface area contributed by atoms with E-state index in [1.54, 1.807) is 19.0 Å². The third-order valence-corrected chi connectivity index (χ3v) is 4.69. The number of rotatable bonds is 6. The van der Waals surface area contributed by atoms with Crippen LogP contribution >= 0.6 is 24.0 Å². The summed E-state index contributed by atoms with van der Waals surface area (Å²) in [6, 6.07) is 7.53. The van der Waals surface area contributed by atoms with Crippen LogP contribution in [0.4, 0.5) is 0 Å². The van der Waals surface area contributed by atoms with Crippen molar-refractivity contribution in [3.63, 3.8) is 0 Å². The second-order valence-electron chi connectivity index (χ2n) is 7.10. The van der Waals surface area contributed by atoms with Crippen molar-refractivity contribution in [2.45, 2.75) is 33.2 Å². The van der Waals surface area contributed by atoms with E-state index in [1.807, 2.05) is 38.1 Å². The van der Waals surface area contributed by atoms with E-state index in [9.17, 15) is 9.59 Å². The molecule has 0 spiro atoms. The molecule has 0 saturated carbocycles. The highest BCUT2D eigenvalue weighted by atomic mass is 127. The number of nitrogens with one attached hydrogen (secondary N) is 1. The van der Waals surface area contributed by atoms with Crippen molar-refractivity contribution in [1.29, 1.82) is 0 Å². The van der Waals surface area contributed by atoms with Gasteiger partial charge in [-0.05, 0) is 44.4 Å². The number of hydrogen-bond acceptors (Lipinski definition) is 4. The maximum atomic E-state index is 12.1. The van der Waals surface area contributed by atoms with Crippen LogP contribution in [0.5, 0.6) is 0 Å². The van der Waals surface area contributed by atoms with Gasteiger partial charge in [-0.1, -0.05) is 12.1 Å². The fourth-order valence-electron chi connectivity index (χ4n) is 3.22. The number of likely N-dealkylation sites (tertiary alicyclic amines) is 1. The lowest BCUT2D eigenvalue weighted by Gasteiger charge is -2.34. The van der Waals surface area contributed by atoms with E-state index in [0.29, 0.717) is 25.3 Å². The predicted molar refractivity (Wildman–Crippen MR) is 126 cm³/mol. The molecule has 1 amide bonds. The second-order valence-corrected chi connectivity index (χ2v) is 7.10. The van der Waals surface area contributed by atoms with Gasteiger partial charge in [0.2, 0.25) is 0 Å². The Balaban J connectivity index is 0.00000420. The Labute approximate surface area is 190 Å². The minimum atomic E-state index is -0.121. The van der Waals surface area contributed by atoms with Crippen LogP contribution in [0.1, 0.15) is 42.6 Å². The van der Waals surface area contributed by atoms with Crippen LogP contribution in [0.25, 0.3) is 0 Å². The zero-order valence-electron chi connectivity index (χ0n) is 17.8. The summed E-state index contributed by atoms with van der Waals surface area (Å²) in [5.74, 6) is 0.574. The van der Waals surface area contributed by atoms with E-state index < -0.39 is 0 Å². The minimum Gasteiger partial charge on any atom is -0.466 e. The van der Waals surface area contributed by atoms with Crippen LogP contribution in [0.15, 0.2) is 29.3 Å². The lowest BCUT2D eigenvalue weighted by molar-refractivity contribution is -0.149. The lowest BCUT2D eigenvalue weighted by atomic mass is 9.98. The third kappa shape index (κ3) is 7.49. The number of guanidine groups is 1. The fraction of sp³-hybridized carbons (Fsp3) is 0.571. The average molecular weight is 516 g/mol. The third-order valence-electron chi connectivity index (χ3n) is 4.69. The quantitative estimate of drug-likeness (QED) is 0.273. The molecule has 1 saturated heterocycles. The standard InChI is InChI=1S/C21H32N4O3.HI/c1-5-22-21(25-13-7-8-18(15-25)20(27)28-6-2)23-14-16-9-11-17(12-10-16)19(26)24(3)4;/h9-12,18H,5-8,13-15H2,1-4H3,(H,22,23);1H. The Morgan fingerprint density at radius 1 is 1.24 bits per heavy atom. The van der Waals surface area contributed by atoms with E-state index in [2.05, 4.69) is 10.2 Å². The molecule has 0 aliphatic carbocycles. The molecule has 1 aromatic carbocycles. The van der Waals surface area contributed by atoms with E-state index in [0.717, 1.165) is 37.5 Å². The smallest absolute Gasteiger partial charge is 0.310 e. The van der Waals surface area contributed by atoms with Crippen LogP contribution in [0, 0.1) is 5.92 Å². The number of aliphatic imine (C=N–C) groups is 1. The summed E-state index contributed by atoms with van der Waals surface area (Å²) < 4.78 is 5.19. The van der Waals surface area contributed by atoms with E-state index in [-0.39, 0.29) is 41.8 Å². The van der Waals surface area contributed by atoms with Crippen molar-refractivity contribution in [3.8, 4) is 0 Å². The Bertz CT molecular complexity index is 692. The molecule has 1 atom stereocenters. The van der Waals surface area contributed by atoms with Crippen LogP contribution in [-0.4, -0.2) is 68.0 Å². The Morgan fingerprint density at radius 3 is 2.52 bits per heavy atom. The molecule has 0 aromatic heterocycles. The molecular formula is C21H33IN4O3. The number of carbonyl (C=O) groups excluding carboxylic acids is 2. The van der Waals surface area contributed by atoms with Gasteiger partial charge in [0.15, 0.2) is 5.96 Å². The van der Waals surface area contributed by atoms with Crippen molar-refractivity contribution < 1.29 is 14.3 Å². The maximum Gasteiger partial charge on any atom is 0.310 e. The van der Waals surface area contributed by atoms with Crippen LogP contribution in [0.3, 0.4) is 0 Å². The molecule has 1 aliphatic rings. The van der Waals surface area contributed by atoms with Gasteiger partial charge in [-0.3, -0.25) is 9.59 Å². The number of benzene rings is 1. The SMILES string of the molecule is CCNC(=NCc1ccc(C(=O)N(C)C)cc1)N1CCCC(C(=O)OCC)C1.I. The molecule has 1 fully saturated rings. The van der Waals surface area contributed by atoms with Gasteiger partial charge in [0.1, 0.15) is 0 Å². The highest BCUT2D eigenvalue weighted by Crippen LogP contribution is 2.18. The summed E-state index contributed by atoms with van der Waals surface area (Å²) in [5.41, 5.74) is 1.70. The summed E-state index contributed by atoms with van der Waals surface area (Å²) in [4.78, 5) is 32.5. The first kappa shape index (κ1) is 25.2. The summed E-state index contributed by atoms with van der Waals surface area (Å²) in [6.45, 7) is 7.05. The minimum absolute atomic E-state index is 0. The number of hydrogen-bond donors (Lipinski definition) is 1. The zero-order chi connectivity index (χ0) is 20.5. The molecular weight excluding hydrogens is 483 g/mol. The van der Waals surface area contributed by atoms with E-state index in [4.69, 9.17) is 9.73 Å². The van der Waals surface area contributed by atoms with Gasteiger partial charge in [-0.15, -0.1) is 24.0 Å². The molecule has 2 rings (SSSR count). The number of nitrogens with zero attached hydrogens (tertiary/aromatic N) is 3. The average Bonchev–Trinajstić information content (AvgIpc) is 2.71. The highest BCUT2D eigenvalue weighted by molar-refractivity contribution is 14.0. The number of amides is 1. The topological polar surface area (TPSA) is 74.2 Å². The Kier molecular flexibility index (Phi) is 11.0. The summed E-state index contributed by atoms with van der Waals surface area (Å²) >= 11 is 0. The number of halogens is 1. The van der Waals surface area contributed by atoms with Gasteiger partial charge in [-0.25, -0.2) is 4.99 Å². The number of esters is 1. The molecule has 8 heteroatoms. The Morgan fingerprint density at radius 2 is 1.93 bits per heavy atom. The maximum absolute atomic E-state index is 12.1. The van der Waals surface area contributed by atoms with Gasteiger partial charge < -0.3 is 19.9 Å². The zero-order valence-corrected chi connectivity index (χ0v) is 20.1. The molecule has 29 heavy (non-hydrogen) atoms. The molecule has 1 N–H and O–H groups in total. The molecule has 1 aromatic rings. The van der Waals surface area contributed by atoms with Crippen LogP contribution < -0.4 is 5.32 Å². The second kappa shape index (κ2) is 12.7. The molecule has 1 heterocycles. The lowest BCUT2D eigenvalue weighted by Crippen LogP contribution is -2.48. The largest absolute Gasteiger partial charge is 0.466 e. The first-order chi connectivity index (χ1) is 13.5. The van der Waals surface area contributed by atoms with Gasteiger partial charge in [0.05, 0.1) is 19.1 Å². The van der Waals surface area contributed by atoms with Gasteiger partial charge in [-0.2, -0.15) is 0 Å².